The van der Waals surface area contributed by atoms with E-state index in [1.165, 1.54) is 12.8 Å². The van der Waals surface area contributed by atoms with Crippen LogP contribution in [0.2, 0.25) is 0 Å². The molecule has 4 heteroatoms. The van der Waals surface area contributed by atoms with Gasteiger partial charge >= 0.3 is 0 Å². The van der Waals surface area contributed by atoms with Crippen LogP contribution in [0.4, 0.5) is 0 Å². The molecule has 1 aromatic rings. The van der Waals surface area contributed by atoms with E-state index in [9.17, 15) is 0 Å². The Hall–Kier alpha value is -0.900. The first-order chi connectivity index (χ1) is 7.68. The molecule has 1 aliphatic rings. The fourth-order valence-corrected chi connectivity index (χ4v) is 2.17. The SMILES string of the molecule is CC(C)CCNC(C)c1nnc2n1CCC2. The van der Waals surface area contributed by atoms with Crippen molar-refractivity contribution >= 4 is 0 Å². The Morgan fingerprint density at radius 2 is 2.12 bits per heavy atom. The van der Waals surface area contributed by atoms with Crippen LogP contribution in [-0.4, -0.2) is 21.3 Å². The maximum absolute atomic E-state index is 4.29. The summed E-state index contributed by atoms with van der Waals surface area (Å²) in [7, 11) is 0. The Balaban J connectivity index is 1.91. The molecule has 4 nitrogen and oxygen atoms in total. The minimum atomic E-state index is 0.318. The standard InChI is InChI=1S/C12H22N4/c1-9(2)6-7-13-10(3)12-15-14-11-5-4-8-16(11)12/h9-10,13H,4-8H2,1-3H3. The van der Waals surface area contributed by atoms with E-state index in [4.69, 9.17) is 0 Å². The first-order valence-corrected chi connectivity index (χ1v) is 6.34. The van der Waals surface area contributed by atoms with Crippen molar-refractivity contribution in [3.05, 3.63) is 11.6 Å². The quantitative estimate of drug-likeness (QED) is 0.827. The van der Waals surface area contributed by atoms with E-state index in [0.29, 0.717) is 6.04 Å². The lowest BCUT2D eigenvalue weighted by molar-refractivity contribution is 0.471. The van der Waals surface area contributed by atoms with E-state index in [1.807, 2.05) is 0 Å². The zero-order valence-electron chi connectivity index (χ0n) is 10.5. The lowest BCUT2D eigenvalue weighted by Crippen LogP contribution is -2.23. The molecule has 90 valence electrons. The number of nitrogens with one attached hydrogen (secondary N) is 1. The van der Waals surface area contributed by atoms with Crippen molar-refractivity contribution in [1.29, 1.82) is 0 Å². The predicted octanol–water partition coefficient (Wildman–Crippen LogP) is 1.92. The van der Waals surface area contributed by atoms with Gasteiger partial charge < -0.3 is 9.88 Å². The van der Waals surface area contributed by atoms with Crippen LogP contribution in [0.25, 0.3) is 0 Å². The van der Waals surface area contributed by atoms with Crippen molar-refractivity contribution in [3.63, 3.8) is 0 Å². The minimum absolute atomic E-state index is 0.318. The van der Waals surface area contributed by atoms with Crippen LogP contribution in [0.3, 0.4) is 0 Å². The molecule has 16 heavy (non-hydrogen) atoms. The van der Waals surface area contributed by atoms with Crippen LogP contribution in [0.5, 0.6) is 0 Å². The molecule has 0 radical (unpaired) electrons. The van der Waals surface area contributed by atoms with Crippen LogP contribution in [0.1, 0.15) is 51.3 Å². The van der Waals surface area contributed by atoms with Gasteiger partial charge in [0.15, 0.2) is 0 Å². The Morgan fingerprint density at radius 1 is 1.31 bits per heavy atom. The van der Waals surface area contributed by atoms with Gasteiger partial charge in [-0.25, -0.2) is 0 Å². The van der Waals surface area contributed by atoms with Gasteiger partial charge in [-0.1, -0.05) is 13.8 Å². The maximum atomic E-state index is 4.29. The molecule has 1 aromatic heterocycles. The van der Waals surface area contributed by atoms with Gasteiger partial charge in [0, 0.05) is 13.0 Å². The van der Waals surface area contributed by atoms with Crippen molar-refractivity contribution in [2.75, 3.05) is 6.54 Å². The summed E-state index contributed by atoms with van der Waals surface area (Å²) < 4.78 is 2.27. The highest BCUT2D eigenvalue weighted by molar-refractivity contribution is 5.03. The Morgan fingerprint density at radius 3 is 2.88 bits per heavy atom. The van der Waals surface area contributed by atoms with Gasteiger partial charge in [0.05, 0.1) is 6.04 Å². The largest absolute Gasteiger partial charge is 0.314 e. The van der Waals surface area contributed by atoms with E-state index >= 15 is 0 Å². The first-order valence-electron chi connectivity index (χ1n) is 6.34. The molecule has 0 fully saturated rings. The van der Waals surface area contributed by atoms with Crippen molar-refractivity contribution in [3.8, 4) is 0 Å². The average molecular weight is 222 g/mol. The average Bonchev–Trinajstić information content (AvgIpc) is 2.76. The zero-order valence-corrected chi connectivity index (χ0v) is 10.5. The summed E-state index contributed by atoms with van der Waals surface area (Å²) in [6.07, 6.45) is 3.52. The third-order valence-corrected chi connectivity index (χ3v) is 3.20. The van der Waals surface area contributed by atoms with E-state index in [-0.39, 0.29) is 0 Å². The molecule has 0 spiro atoms. The molecule has 0 saturated carbocycles. The summed E-state index contributed by atoms with van der Waals surface area (Å²) in [6, 6.07) is 0.318. The third-order valence-electron chi connectivity index (χ3n) is 3.20. The number of aromatic nitrogens is 3. The lowest BCUT2D eigenvalue weighted by Gasteiger charge is -2.14. The monoisotopic (exact) mass is 222 g/mol. The second-order valence-corrected chi connectivity index (χ2v) is 5.09. The summed E-state index contributed by atoms with van der Waals surface area (Å²) in [6.45, 7) is 8.83. The number of hydrogen-bond acceptors (Lipinski definition) is 3. The molecule has 0 aromatic carbocycles. The van der Waals surface area contributed by atoms with Crippen molar-refractivity contribution in [2.24, 2.45) is 5.92 Å². The summed E-state index contributed by atoms with van der Waals surface area (Å²) in [5.74, 6) is 3.02. The smallest absolute Gasteiger partial charge is 0.149 e. The van der Waals surface area contributed by atoms with Gasteiger partial charge in [-0.2, -0.15) is 0 Å². The van der Waals surface area contributed by atoms with E-state index < -0.39 is 0 Å². The molecule has 1 N–H and O–H groups in total. The fourth-order valence-electron chi connectivity index (χ4n) is 2.17. The summed E-state index contributed by atoms with van der Waals surface area (Å²) in [5, 5.41) is 12.0. The Kier molecular flexibility index (Phi) is 3.59. The van der Waals surface area contributed by atoms with Gasteiger partial charge in [-0.15, -0.1) is 10.2 Å². The summed E-state index contributed by atoms with van der Waals surface area (Å²) in [4.78, 5) is 0. The van der Waals surface area contributed by atoms with E-state index in [0.717, 1.165) is 37.1 Å². The van der Waals surface area contributed by atoms with Crippen LogP contribution < -0.4 is 5.32 Å². The van der Waals surface area contributed by atoms with Crippen LogP contribution in [-0.2, 0) is 13.0 Å². The number of hydrogen-bond donors (Lipinski definition) is 1. The number of nitrogens with zero attached hydrogens (tertiary/aromatic N) is 3. The molecule has 0 bridgehead atoms. The molecule has 2 heterocycles. The second-order valence-electron chi connectivity index (χ2n) is 5.09. The van der Waals surface area contributed by atoms with Crippen molar-refractivity contribution < 1.29 is 0 Å². The van der Waals surface area contributed by atoms with Gasteiger partial charge in [-0.05, 0) is 32.2 Å². The minimum Gasteiger partial charge on any atom is -0.314 e. The molecular formula is C12H22N4. The fraction of sp³-hybridized carbons (Fsp3) is 0.833. The van der Waals surface area contributed by atoms with Gasteiger partial charge in [0.2, 0.25) is 0 Å². The second kappa shape index (κ2) is 4.95. The first kappa shape index (κ1) is 11.6. The molecule has 0 amide bonds. The predicted molar refractivity (Wildman–Crippen MR) is 64.2 cm³/mol. The third kappa shape index (κ3) is 2.43. The maximum Gasteiger partial charge on any atom is 0.149 e. The van der Waals surface area contributed by atoms with Gasteiger partial charge in [-0.3, -0.25) is 0 Å². The molecule has 2 rings (SSSR count). The van der Waals surface area contributed by atoms with Crippen LogP contribution in [0.15, 0.2) is 0 Å². The van der Waals surface area contributed by atoms with Crippen molar-refractivity contribution in [1.82, 2.24) is 20.1 Å². The molecular weight excluding hydrogens is 200 g/mol. The molecule has 0 saturated heterocycles. The van der Waals surface area contributed by atoms with Crippen LogP contribution >= 0.6 is 0 Å². The number of fused-ring (bicyclic) bond motifs is 1. The molecule has 1 aliphatic heterocycles. The topological polar surface area (TPSA) is 42.7 Å². The highest BCUT2D eigenvalue weighted by atomic mass is 15.3. The highest BCUT2D eigenvalue weighted by Gasteiger charge is 2.20. The normalized spacial score (nSPS) is 16.8. The van der Waals surface area contributed by atoms with E-state index in [2.05, 4.69) is 40.9 Å². The number of rotatable bonds is 5. The summed E-state index contributed by atoms with van der Waals surface area (Å²) >= 11 is 0. The highest BCUT2D eigenvalue weighted by Crippen LogP contribution is 2.18. The molecule has 1 atom stereocenters. The molecule has 1 unspecified atom stereocenters. The lowest BCUT2D eigenvalue weighted by atomic mass is 10.1. The van der Waals surface area contributed by atoms with Gasteiger partial charge in [0.25, 0.3) is 0 Å². The summed E-state index contributed by atoms with van der Waals surface area (Å²) in [5.41, 5.74) is 0. The van der Waals surface area contributed by atoms with E-state index in [1.54, 1.807) is 0 Å². The Bertz CT molecular complexity index is 343. The number of aryl methyl sites for hydroxylation is 1. The molecule has 0 aliphatic carbocycles. The zero-order chi connectivity index (χ0) is 11.5. The van der Waals surface area contributed by atoms with Crippen LogP contribution in [0, 0.1) is 5.92 Å². The van der Waals surface area contributed by atoms with Gasteiger partial charge in [0.1, 0.15) is 11.6 Å². The Labute approximate surface area is 97.5 Å². The van der Waals surface area contributed by atoms with Crippen molar-refractivity contribution in [2.45, 2.75) is 52.6 Å².